The lowest BCUT2D eigenvalue weighted by atomic mass is 10.1. The number of aromatic hydroxyl groups is 1. The molecule has 4 heteroatoms. The quantitative estimate of drug-likeness (QED) is 0.330. The van der Waals surface area contributed by atoms with Crippen LogP contribution >= 0.6 is 11.6 Å². The van der Waals surface area contributed by atoms with Crippen molar-refractivity contribution in [1.29, 1.82) is 0 Å². The van der Waals surface area contributed by atoms with Crippen LogP contribution in [0.15, 0.2) is 12.1 Å². The van der Waals surface area contributed by atoms with Gasteiger partial charge in [-0.25, -0.2) is 0 Å². The number of aryl methyl sites for hydroxylation is 1. The number of hydrogen-bond acceptors (Lipinski definition) is 3. The van der Waals surface area contributed by atoms with Gasteiger partial charge in [0.05, 0.1) is 11.4 Å². The van der Waals surface area contributed by atoms with E-state index in [-0.39, 0.29) is 23.0 Å². The summed E-state index contributed by atoms with van der Waals surface area (Å²) in [5.74, 6) is -0.523. The zero-order valence-corrected chi connectivity index (χ0v) is 7.93. The SMILES string of the molecule is Cc1cc(N)cc(C(=O)CCl)c1O. The van der Waals surface area contributed by atoms with E-state index in [4.69, 9.17) is 17.3 Å². The molecule has 0 spiro atoms. The van der Waals surface area contributed by atoms with Crippen LogP contribution in [0.4, 0.5) is 5.69 Å². The van der Waals surface area contributed by atoms with Gasteiger partial charge in [0.25, 0.3) is 0 Å². The lowest BCUT2D eigenvalue weighted by Gasteiger charge is -2.05. The van der Waals surface area contributed by atoms with Gasteiger partial charge in [-0.15, -0.1) is 11.6 Å². The van der Waals surface area contributed by atoms with Gasteiger partial charge >= 0.3 is 0 Å². The molecule has 0 fully saturated rings. The van der Waals surface area contributed by atoms with E-state index in [9.17, 15) is 9.90 Å². The van der Waals surface area contributed by atoms with Crippen LogP contribution in [0.25, 0.3) is 0 Å². The molecule has 0 aliphatic rings. The Morgan fingerprint density at radius 2 is 2.23 bits per heavy atom. The predicted molar refractivity (Wildman–Crippen MR) is 52.3 cm³/mol. The maximum atomic E-state index is 11.2. The molecule has 0 aromatic heterocycles. The minimum Gasteiger partial charge on any atom is -0.507 e. The summed E-state index contributed by atoms with van der Waals surface area (Å²) in [5, 5.41) is 9.49. The summed E-state index contributed by atoms with van der Waals surface area (Å²) in [4.78, 5) is 11.2. The molecule has 0 aliphatic carbocycles. The van der Waals surface area contributed by atoms with Crippen molar-refractivity contribution in [3.8, 4) is 5.75 Å². The molecule has 0 atom stereocenters. The molecule has 0 amide bonds. The maximum absolute atomic E-state index is 11.2. The number of carbonyl (C=O) groups is 1. The lowest BCUT2D eigenvalue weighted by molar-refractivity contribution is 0.101. The van der Waals surface area contributed by atoms with Crippen molar-refractivity contribution >= 4 is 23.1 Å². The second-order valence-electron chi connectivity index (χ2n) is 2.79. The Balaban J connectivity index is 3.28. The van der Waals surface area contributed by atoms with E-state index in [2.05, 4.69) is 0 Å². The number of carbonyl (C=O) groups excluding carboxylic acids is 1. The Kier molecular flexibility index (Phi) is 2.78. The van der Waals surface area contributed by atoms with Crippen molar-refractivity contribution in [2.45, 2.75) is 6.92 Å². The number of rotatable bonds is 2. The summed E-state index contributed by atoms with van der Waals surface area (Å²) >= 11 is 5.36. The van der Waals surface area contributed by atoms with E-state index in [1.54, 1.807) is 13.0 Å². The van der Waals surface area contributed by atoms with E-state index in [0.717, 1.165) is 0 Å². The van der Waals surface area contributed by atoms with Gasteiger partial charge in [-0.05, 0) is 24.6 Å². The Morgan fingerprint density at radius 1 is 1.62 bits per heavy atom. The molecular formula is C9H10ClNO2. The first kappa shape index (κ1) is 9.86. The third-order valence-electron chi connectivity index (χ3n) is 1.74. The molecule has 0 heterocycles. The maximum Gasteiger partial charge on any atom is 0.181 e. The molecule has 0 aliphatic heterocycles. The Bertz CT molecular complexity index is 350. The van der Waals surface area contributed by atoms with Crippen molar-refractivity contribution < 1.29 is 9.90 Å². The molecule has 0 saturated heterocycles. The average Bonchev–Trinajstić information content (AvgIpc) is 2.10. The second kappa shape index (κ2) is 3.66. The number of alkyl halides is 1. The van der Waals surface area contributed by atoms with Gasteiger partial charge in [0.2, 0.25) is 0 Å². The number of anilines is 1. The standard InChI is InChI=1S/C9H10ClNO2/c1-5-2-6(11)3-7(9(5)13)8(12)4-10/h2-3,13H,4,11H2,1H3. The molecular weight excluding hydrogens is 190 g/mol. The summed E-state index contributed by atoms with van der Waals surface area (Å²) in [7, 11) is 0. The van der Waals surface area contributed by atoms with Crippen molar-refractivity contribution in [3.05, 3.63) is 23.3 Å². The number of nitrogens with two attached hydrogens (primary N) is 1. The van der Waals surface area contributed by atoms with Crippen LogP contribution in [0.3, 0.4) is 0 Å². The molecule has 0 bridgehead atoms. The van der Waals surface area contributed by atoms with Crippen LogP contribution < -0.4 is 5.73 Å². The highest BCUT2D eigenvalue weighted by Gasteiger charge is 2.12. The average molecular weight is 200 g/mol. The molecule has 3 nitrogen and oxygen atoms in total. The van der Waals surface area contributed by atoms with Gasteiger partial charge < -0.3 is 10.8 Å². The van der Waals surface area contributed by atoms with E-state index in [1.165, 1.54) is 6.07 Å². The minimum atomic E-state index is -0.324. The molecule has 0 unspecified atom stereocenters. The Labute approximate surface area is 81.1 Å². The minimum absolute atomic E-state index is 0.0418. The van der Waals surface area contributed by atoms with Crippen LogP contribution in [0.2, 0.25) is 0 Å². The zero-order valence-electron chi connectivity index (χ0n) is 7.17. The smallest absolute Gasteiger partial charge is 0.181 e. The number of phenols is 1. The molecule has 1 aromatic rings. The summed E-state index contributed by atoms with van der Waals surface area (Å²) in [6.07, 6.45) is 0. The normalized spacial score (nSPS) is 10.0. The van der Waals surface area contributed by atoms with Crippen LogP contribution in [0.5, 0.6) is 5.75 Å². The molecule has 70 valence electrons. The third-order valence-corrected chi connectivity index (χ3v) is 1.99. The molecule has 13 heavy (non-hydrogen) atoms. The molecule has 0 radical (unpaired) electrons. The van der Waals surface area contributed by atoms with Crippen LogP contribution in [-0.2, 0) is 0 Å². The van der Waals surface area contributed by atoms with Crippen LogP contribution in [0, 0.1) is 6.92 Å². The van der Waals surface area contributed by atoms with Gasteiger partial charge in [0.15, 0.2) is 5.78 Å². The molecule has 0 saturated carbocycles. The first-order valence-electron chi connectivity index (χ1n) is 3.74. The molecule has 3 N–H and O–H groups in total. The Hall–Kier alpha value is -1.22. The fourth-order valence-corrected chi connectivity index (χ4v) is 1.24. The van der Waals surface area contributed by atoms with E-state index < -0.39 is 0 Å². The van der Waals surface area contributed by atoms with Gasteiger partial charge in [0.1, 0.15) is 5.75 Å². The van der Waals surface area contributed by atoms with E-state index in [0.29, 0.717) is 11.3 Å². The number of phenolic OH excluding ortho intramolecular Hbond substituents is 1. The number of Topliss-reactive ketones (excluding diaryl/α,β-unsaturated/α-hetero) is 1. The largest absolute Gasteiger partial charge is 0.507 e. The number of nitrogen functional groups attached to an aromatic ring is 1. The number of ketones is 1. The topological polar surface area (TPSA) is 63.3 Å². The summed E-state index contributed by atoms with van der Waals surface area (Å²) in [5.41, 5.74) is 6.73. The number of halogens is 1. The Morgan fingerprint density at radius 3 is 2.77 bits per heavy atom. The highest BCUT2D eigenvalue weighted by molar-refractivity contribution is 6.30. The molecule has 1 rings (SSSR count). The van der Waals surface area contributed by atoms with Gasteiger partial charge in [0, 0.05) is 5.69 Å². The zero-order chi connectivity index (χ0) is 10.0. The fraction of sp³-hybridized carbons (Fsp3) is 0.222. The van der Waals surface area contributed by atoms with Crippen molar-refractivity contribution in [2.24, 2.45) is 0 Å². The van der Waals surface area contributed by atoms with Gasteiger partial charge in [-0.3, -0.25) is 4.79 Å². The fourth-order valence-electron chi connectivity index (χ4n) is 1.09. The monoisotopic (exact) mass is 199 g/mol. The first-order valence-corrected chi connectivity index (χ1v) is 4.28. The van der Waals surface area contributed by atoms with Crippen molar-refractivity contribution in [3.63, 3.8) is 0 Å². The van der Waals surface area contributed by atoms with E-state index in [1.807, 2.05) is 0 Å². The summed E-state index contributed by atoms with van der Waals surface area (Å²) in [6.45, 7) is 1.68. The lowest BCUT2D eigenvalue weighted by Crippen LogP contribution is -2.02. The van der Waals surface area contributed by atoms with Gasteiger partial charge in [-0.2, -0.15) is 0 Å². The number of benzene rings is 1. The van der Waals surface area contributed by atoms with Gasteiger partial charge in [-0.1, -0.05) is 0 Å². The molecule has 1 aromatic carbocycles. The summed E-state index contributed by atoms with van der Waals surface area (Å²) < 4.78 is 0. The number of hydrogen-bond donors (Lipinski definition) is 2. The van der Waals surface area contributed by atoms with Crippen LogP contribution in [-0.4, -0.2) is 16.8 Å². The third kappa shape index (κ3) is 1.92. The van der Waals surface area contributed by atoms with Crippen LogP contribution in [0.1, 0.15) is 15.9 Å². The predicted octanol–water partition coefficient (Wildman–Crippen LogP) is 1.70. The first-order chi connectivity index (χ1) is 6.06. The highest BCUT2D eigenvalue weighted by Crippen LogP contribution is 2.25. The van der Waals surface area contributed by atoms with E-state index >= 15 is 0 Å². The van der Waals surface area contributed by atoms with Crippen molar-refractivity contribution in [1.82, 2.24) is 0 Å². The highest BCUT2D eigenvalue weighted by atomic mass is 35.5. The van der Waals surface area contributed by atoms with Crippen molar-refractivity contribution in [2.75, 3.05) is 11.6 Å². The summed E-state index contributed by atoms with van der Waals surface area (Å²) in [6, 6.07) is 3.02. The second-order valence-corrected chi connectivity index (χ2v) is 3.06.